The highest BCUT2D eigenvalue weighted by atomic mass is 15.3. The van der Waals surface area contributed by atoms with Gasteiger partial charge in [-0.15, -0.1) is 0 Å². The maximum atomic E-state index is 8.74. The number of benzene rings is 1. The minimum absolute atomic E-state index is 0.574. The highest BCUT2D eigenvalue weighted by Gasteiger charge is 2.20. The third-order valence-electron chi connectivity index (χ3n) is 4.15. The second-order valence-corrected chi connectivity index (χ2v) is 5.63. The van der Waals surface area contributed by atoms with Gasteiger partial charge in [-0.2, -0.15) is 5.26 Å². The summed E-state index contributed by atoms with van der Waals surface area (Å²) in [4.78, 5) is 4.80. The van der Waals surface area contributed by atoms with Crippen LogP contribution < -0.4 is 0 Å². The van der Waals surface area contributed by atoms with Gasteiger partial charge in [-0.05, 0) is 17.9 Å². The van der Waals surface area contributed by atoms with E-state index in [1.165, 1.54) is 18.4 Å². The van der Waals surface area contributed by atoms with Crippen molar-refractivity contribution >= 4 is 0 Å². The van der Waals surface area contributed by atoms with Crippen LogP contribution in [-0.2, 0) is 0 Å². The fourth-order valence-electron chi connectivity index (χ4n) is 2.98. The molecule has 0 saturated carbocycles. The molecule has 1 aliphatic heterocycles. The quantitative estimate of drug-likeness (QED) is 0.745. The second kappa shape index (κ2) is 8.04. The van der Waals surface area contributed by atoms with Gasteiger partial charge in [0.1, 0.15) is 0 Å². The molecule has 1 fully saturated rings. The van der Waals surface area contributed by atoms with Gasteiger partial charge in [0, 0.05) is 32.7 Å². The lowest BCUT2D eigenvalue weighted by atomic mass is 9.94. The van der Waals surface area contributed by atoms with E-state index >= 15 is 0 Å². The summed E-state index contributed by atoms with van der Waals surface area (Å²) in [5.74, 6) is 0.642. The number of piperazine rings is 1. The molecule has 108 valence electrons. The van der Waals surface area contributed by atoms with Gasteiger partial charge in [0.05, 0.1) is 12.6 Å². The van der Waals surface area contributed by atoms with Crippen LogP contribution in [0.3, 0.4) is 0 Å². The van der Waals surface area contributed by atoms with Crippen molar-refractivity contribution in [3.63, 3.8) is 0 Å². The van der Waals surface area contributed by atoms with Crippen molar-refractivity contribution in [1.29, 1.82) is 5.26 Å². The molecule has 0 bridgehead atoms. The topological polar surface area (TPSA) is 30.3 Å². The average Bonchev–Trinajstić information content (AvgIpc) is 2.50. The standard InChI is InChI=1S/C17H25N3/c1-2-6-17(16-7-4-3-5-8-16)15-20-13-11-19(10-9-18)12-14-20/h3-5,7-8,17H,2,6,10-15H2,1H3/t17-/m1/s1. The van der Waals surface area contributed by atoms with E-state index in [0.717, 1.165) is 32.7 Å². The van der Waals surface area contributed by atoms with Crippen molar-refractivity contribution in [3.05, 3.63) is 35.9 Å². The number of rotatable bonds is 6. The molecule has 0 aromatic heterocycles. The fraction of sp³-hybridized carbons (Fsp3) is 0.588. The summed E-state index contributed by atoms with van der Waals surface area (Å²) >= 11 is 0. The monoisotopic (exact) mass is 271 g/mol. The summed E-state index contributed by atoms with van der Waals surface area (Å²) in [5, 5.41) is 8.74. The van der Waals surface area contributed by atoms with E-state index < -0.39 is 0 Å². The molecule has 0 amide bonds. The average molecular weight is 271 g/mol. The molecule has 20 heavy (non-hydrogen) atoms. The second-order valence-electron chi connectivity index (χ2n) is 5.63. The van der Waals surface area contributed by atoms with E-state index in [2.05, 4.69) is 53.1 Å². The first-order chi connectivity index (χ1) is 9.83. The van der Waals surface area contributed by atoms with Crippen molar-refractivity contribution in [3.8, 4) is 6.07 Å². The van der Waals surface area contributed by atoms with Crippen molar-refractivity contribution in [1.82, 2.24) is 9.80 Å². The lowest BCUT2D eigenvalue weighted by molar-refractivity contribution is 0.136. The van der Waals surface area contributed by atoms with Gasteiger partial charge in [-0.1, -0.05) is 43.7 Å². The first kappa shape index (κ1) is 15.0. The Bertz CT molecular complexity index is 416. The molecule has 2 rings (SSSR count). The molecule has 0 N–H and O–H groups in total. The lowest BCUT2D eigenvalue weighted by Crippen LogP contribution is -2.47. The fourth-order valence-corrected chi connectivity index (χ4v) is 2.98. The van der Waals surface area contributed by atoms with Gasteiger partial charge >= 0.3 is 0 Å². The number of nitrogens with zero attached hydrogens (tertiary/aromatic N) is 3. The summed E-state index contributed by atoms with van der Waals surface area (Å²) in [5.41, 5.74) is 1.47. The van der Waals surface area contributed by atoms with Crippen LogP contribution in [0.1, 0.15) is 31.2 Å². The molecule has 1 heterocycles. The normalized spacial score (nSPS) is 18.6. The zero-order valence-electron chi connectivity index (χ0n) is 12.5. The van der Waals surface area contributed by atoms with Gasteiger partial charge in [0.2, 0.25) is 0 Å². The van der Waals surface area contributed by atoms with Crippen LogP contribution in [0.5, 0.6) is 0 Å². The maximum Gasteiger partial charge on any atom is 0.0866 e. The van der Waals surface area contributed by atoms with Crippen LogP contribution in [0.25, 0.3) is 0 Å². The largest absolute Gasteiger partial charge is 0.300 e. The summed E-state index contributed by atoms with van der Waals surface area (Å²) in [6.45, 7) is 8.23. The number of nitriles is 1. The van der Waals surface area contributed by atoms with E-state index in [9.17, 15) is 0 Å². The van der Waals surface area contributed by atoms with Crippen LogP contribution in [-0.4, -0.2) is 49.1 Å². The van der Waals surface area contributed by atoms with Crippen LogP contribution in [0.2, 0.25) is 0 Å². The molecule has 0 spiro atoms. The molecule has 0 radical (unpaired) electrons. The Balaban J connectivity index is 1.88. The molecule has 0 aliphatic carbocycles. The van der Waals surface area contributed by atoms with Gasteiger partial charge in [-0.25, -0.2) is 0 Å². The first-order valence-electron chi connectivity index (χ1n) is 7.70. The minimum Gasteiger partial charge on any atom is -0.300 e. The van der Waals surface area contributed by atoms with E-state index in [0.29, 0.717) is 12.5 Å². The van der Waals surface area contributed by atoms with E-state index in [-0.39, 0.29) is 0 Å². The number of hydrogen-bond donors (Lipinski definition) is 0. The van der Waals surface area contributed by atoms with Crippen LogP contribution in [0.15, 0.2) is 30.3 Å². The number of hydrogen-bond acceptors (Lipinski definition) is 3. The first-order valence-corrected chi connectivity index (χ1v) is 7.70. The minimum atomic E-state index is 0.574. The Morgan fingerprint density at radius 1 is 1.10 bits per heavy atom. The summed E-state index contributed by atoms with van der Waals surface area (Å²) in [7, 11) is 0. The lowest BCUT2D eigenvalue weighted by Gasteiger charge is -2.35. The molecule has 1 aromatic rings. The van der Waals surface area contributed by atoms with Crippen LogP contribution in [0.4, 0.5) is 0 Å². The Hall–Kier alpha value is -1.37. The zero-order valence-corrected chi connectivity index (χ0v) is 12.5. The third kappa shape index (κ3) is 4.33. The smallest absolute Gasteiger partial charge is 0.0866 e. The van der Waals surface area contributed by atoms with Crippen molar-refractivity contribution in [2.24, 2.45) is 0 Å². The molecule has 3 nitrogen and oxygen atoms in total. The Morgan fingerprint density at radius 2 is 1.75 bits per heavy atom. The molecular weight excluding hydrogens is 246 g/mol. The maximum absolute atomic E-state index is 8.74. The van der Waals surface area contributed by atoms with Crippen LogP contribution >= 0.6 is 0 Å². The highest BCUT2D eigenvalue weighted by Crippen LogP contribution is 2.22. The zero-order chi connectivity index (χ0) is 14.2. The molecule has 1 saturated heterocycles. The predicted molar refractivity (Wildman–Crippen MR) is 82.6 cm³/mol. The Kier molecular flexibility index (Phi) is 6.04. The van der Waals surface area contributed by atoms with Gasteiger partial charge in [0.15, 0.2) is 0 Å². The molecule has 0 unspecified atom stereocenters. The van der Waals surface area contributed by atoms with E-state index in [1.54, 1.807) is 0 Å². The van der Waals surface area contributed by atoms with E-state index in [4.69, 9.17) is 5.26 Å². The molecule has 1 aromatic carbocycles. The molecule has 1 aliphatic rings. The predicted octanol–water partition coefficient (Wildman–Crippen LogP) is 2.71. The summed E-state index contributed by atoms with van der Waals surface area (Å²) < 4.78 is 0. The van der Waals surface area contributed by atoms with Crippen molar-refractivity contribution in [2.45, 2.75) is 25.7 Å². The molecule has 1 atom stereocenters. The van der Waals surface area contributed by atoms with Gasteiger partial charge in [0.25, 0.3) is 0 Å². The highest BCUT2D eigenvalue weighted by molar-refractivity contribution is 5.19. The summed E-state index contributed by atoms with van der Waals surface area (Å²) in [6.07, 6.45) is 2.48. The van der Waals surface area contributed by atoms with Gasteiger partial charge in [-0.3, -0.25) is 4.90 Å². The SMILES string of the molecule is CCC[C@H](CN1CCN(CC#N)CC1)c1ccccc1. The molecule has 3 heteroatoms. The van der Waals surface area contributed by atoms with Crippen molar-refractivity contribution in [2.75, 3.05) is 39.3 Å². The Morgan fingerprint density at radius 3 is 2.35 bits per heavy atom. The molecular formula is C17H25N3. The van der Waals surface area contributed by atoms with Crippen molar-refractivity contribution < 1.29 is 0 Å². The Labute approximate surface area is 122 Å². The van der Waals surface area contributed by atoms with E-state index in [1.807, 2.05) is 0 Å². The third-order valence-corrected chi connectivity index (χ3v) is 4.15. The van der Waals surface area contributed by atoms with Crippen LogP contribution in [0, 0.1) is 11.3 Å². The summed E-state index contributed by atoms with van der Waals surface area (Å²) in [6, 6.07) is 13.1. The van der Waals surface area contributed by atoms with Gasteiger partial charge < -0.3 is 4.90 Å².